The van der Waals surface area contributed by atoms with Crippen LogP contribution in [-0.4, -0.2) is 19.9 Å². The molecular weight excluding hydrogens is 617 g/mol. The summed E-state index contributed by atoms with van der Waals surface area (Å²) in [6, 6.07) is 41.6. The van der Waals surface area contributed by atoms with Crippen LogP contribution >= 0.6 is 45.3 Å². The van der Waals surface area contributed by atoms with Gasteiger partial charge >= 0.3 is 0 Å². The largest absolute Gasteiger partial charge is 0.234 e. The molecule has 9 rings (SSSR count). The molecule has 0 spiro atoms. The molecule has 4 heterocycles. The second-order valence-corrected chi connectivity index (χ2v) is 14.2. The maximum Gasteiger partial charge on any atom is 0.124 e. The van der Waals surface area contributed by atoms with Crippen molar-refractivity contribution >= 4 is 45.3 Å². The Morgan fingerprint density at radius 3 is 0.818 bits per heavy atom. The number of rotatable bonds is 4. The summed E-state index contributed by atoms with van der Waals surface area (Å²) in [5.41, 5.74) is 8.02. The van der Waals surface area contributed by atoms with Crippen molar-refractivity contribution in [3.63, 3.8) is 0 Å². The van der Waals surface area contributed by atoms with Crippen molar-refractivity contribution in [1.82, 2.24) is 19.9 Å². The number of fused-ring (bicyclic) bond motifs is 8. The van der Waals surface area contributed by atoms with Crippen molar-refractivity contribution in [2.24, 2.45) is 0 Å². The molecule has 8 heteroatoms. The van der Waals surface area contributed by atoms with Gasteiger partial charge in [0, 0.05) is 22.3 Å². The van der Waals surface area contributed by atoms with Gasteiger partial charge < -0.3 is 0 Å². The van der Waals surface area contributed by atoms with E-state index in [0.29, 0.717) is 0 Å². The molecule has 4 aromatic carbocycles. The predicted octanol–water partition coefficient (Wildman–Crippen LogP) is 11.2. The third kappa shape index (κ3) is 4.30. The molecule has 4 nitrogen and oxygen atoms in total. The van der Waals surface area contributed by atoms with E-state index >= 15 is 0 Å². The number of hydrogen-bond acceptors (Lipinski definition) is 8. The molecule has 4 aromatic heterocycles. The van der Waals surface area contributed by atoms with Crippen LogP contribution in [0, 0.1) is 0 Å². The fourth-order valence-corrected chi connectivity index (χ4v) is 9.91. The maximum absolute atomic E-state index is 5.33. The Kier molecular flexibility index (Phi) is 6.19. The van der Waals surface area contributed by atoms with Crippen LogP contribution in [0.5, 0.6) is 0 Å². The Bertz CT molecular complexity index is 1830. The number of nitrogens with zero attached hydrogens (tertiary/aromatic N) is 4. The van der Waals surface area contributed by atoms with Gasteiger partial charge in [-0.15, -0.1) is 45.3 Å². The summed E-state index contributed by atoms with van der Waals surface area (Å²) in [7, 11) is 0. The molecule has 208 valence electrons. The SMILES string of the molecule is c1ccc(-c2nc3c(s2)-c2nc(-c4ccccc4)sc2-c2sc(-c4ccccc4)nc2-c2sc(-c4ccccc4)nc2-3)cc1. The molecule has 1 aliphatic rings. The summed E-state index contributed by atoms with van der Waals surface area (Å²) in [6.45, 7) is 0. The van der Waals surface area contributed by atoms with E-state index in [9.17, 15) is 0 Å². The summed E-state index contributed by atoms with van der Waals surface area (Å²) < 4.78 is 0. The fourth-order valence-electron chi connectivity index (χ4n) is 5.35. The van der Waals surface area contributed by atoms with E-state index in [0.717, 1.165) is 84.6 Å². The standard InChI is InChI=1S/C36H20N4S4/c1-5-13-21(14-6-1)33-37-25-26-30(42-34(38-26)22-15-7-2-8-16-22)28-32(44-36(40-28)24-19-11-4-12-20-24)31-27(29(25)41-33)39-35(43-31)23-17-9-3-10-18-23/h1-20H. The van der Waals surface area contributed by atoms with Gasteiger partial charge in [-0.3, -0.25) is 0 Å². The van der Waals surface area contributed by atoms with Crippen molar-refractivity contribution in [2.75, 3.05) is 0 Å². The number of aromatic nitrogens is 4. The zero-order valence-electron chi connectivity index (χ0n) is 23.0. The van der Waals surface area contributed by atoms with E-state index in [1.165, 1.54) is 0 Å². The van der Waals surface area contributed by atoms with Crippen LogP contribution in [0.3, 0.4) is 0 Å². The van der Waals surface area contributed by atoms with Gasteiger partial charge in [0.15, 0.2) is 0 Å². The normalized spacial score (nSPS) is 11.6. The van der Waals surface area contributed by atoms with E-state index in [1.54, 1.807) is 45.3 Å². The maximum atomic E-state index is 5.33. The lowest BCUT2D eigenvalue weighted by molar-refractivity contribution is 1.31. The molecule has 0 fully saturated rings. The number of thiazole rings is 4. The second kappa shape index (κ2) is 10.5. The van der Waals surface area contributed by atoms with Crippen LogP contribution in [0.15, 0.2) is 121 Å². The smallest absolute Gasteiger partial charge is 0.124 e. The van der Waals surface area contributed by atoms with Crippen LogP contribution in [0.25, 0.3) is 84.6 Å². The Balaban J connectivity index is 1.36. The molecule has 44 heavy (non-hydrogen) atoms. The predicted molar refractivity (Wildman–Crippen MR) is 186 cm³/mol. The molecule has 0 N–H and O–H groups in total. The first-order chi connectivity index (χ1) is 21.8. The average Bonchev–Trinajstić information content (AvgIpc) is 3.89. The monoisotopic (exact) mass is 636 g/mol. The lowest BCUT2D eigenvalue weighted by Gasteiger charge is -2.07. The molecule has 0 saturated heterocycles. The van der Waals surface area contributed by atoms with Crippen molar-refractivity contribution in [2.45, 2.75) is 0 Å². The van der Waals surface area contributed by atoms with E-state index in [1.807, 2.05) is 24.3 Å². The van der Waals surface area contributed by atoms with Gasteiger partial charge in [0.05, 0.1) is 19.5 Å². The highest BCUT2D eigenvalue weighted by atomic mass is 32.1. The third-order valence-electron chi connectivity index (χ3n) is 7.45. The molecule has 0 radical (unpaired) electrons. The molecule has 1 aliphatic carbocycles. The van der Waals surface area contributed by atoms with Crippen LogP contribution < -0.4 is 0 Å². The van der Waals surface area contributed by atoms with Crippen molar-refractivity contribution in [1.29, 1.82) is 0 Å². The van der Waals surface area contributed by atoms with E-state index in [-0.39, 0.29) is 0 Å². The minimum Gasteiger partial charge on any atom is -0.234 e. The lowest BCUT2D eigenvalue weighted by atomic mass is 10.1. The average molecular weight is 637 g/mol. The Morgan fingerprint density at radius 2 is 0.523 bits per heavy atom. The van der Waals surface area contributed by atoms with Gasteiger partial charge in [-0.05, 0) is 0 Å². The van der Waals surface area contributed by atoms with Gasteiger partial charge in [-0.1, -0.05) is 121 Å². The molecule has 0 aliphatic heterocycles. The zero-order valence-corrected chi connectivity index (χ0v) is 26.2. The summed E-state index contributed by atoms with van der Waals surface area (Å²) in [5, 5.41) is 3.89. The van der Waals surface area contributed by atoms with Crippen molar-refractivity contribution in [3.8, 4) is 84.6 Å². The lowest BCUT2D eigenvalue weighted by Crippen LogP contribution is -1.92. The molecule has 0 amide bonds. The van der Waals surface area contributed by atoms with E-state index in [4.69, 9.17) is 19.9 Å². The van der Waals surface area contributed by atoms with E-state index in [2.05, 4.69) is 97.1 Å². The second-order valence-electron chi connectivity index (χ2n) is 10.3. The number of benzene rings is 4. The highest BCUT2D eigenvalue weighted by molar-refractivity contribution is 7.27. The first kappa shape index (κ1) is 25.9. The quantitative estimate of drug-likeness (QED) is 0.193. The first-order valence-electron chi connectivity index (χ1n) is 14.1. The number of hydrogen-bond donors (Lipinski definition) is 0. The highest BCUT2D eigenvalue weighted by Crippen LogP contribution is 2.56. The van der Waals surface area contributed by atoms with Gasteiger partial charge in [0.2, 0.25) is 0 Å². The minimum absolute atomic E-state index is 0.869. The van der Waals surface area contributed by atoms with E-state index < -0.39 is 0 Å². The molecule has 0 unspecified atom stereocenters. The van der Waals surface area contributed by atoms with Gasteiger partial charge in [-0.2, -0.15) is 0 Å². The van der Waals surface area contributed by atoms with Gasteiger partial charge in [0.25, 0.3) is 0 Å². The minimum atomic E-state index is 0.869. The van der Waals surface area contributed by atoms with Gasteiger partial charge in [-0.25, -0.2) is 19.9 Å². The first-order valence-corrected chi connectivity index (χ1v) is 17.3. The molecule has 0 saturated carbocycles. The summed E-state index contributed by atoms with van der Waals surface area (Å²) in [5.74, 6) is 0. The topological polar surface area (TPSA) is 51.6 Å². The fraction of sp³-hybridized carbons (Fsp3) is 0. The Labute approximate surface area is 269 Å². The summed E-state index contributed by atoms with van der Waals surface area (Å²) >= 11 is 6.84. The van der Waals surface area contributed by atoms with Crippen molar-refractivity contribution < 1.29 is 0 Å². The molecule has 0 bridgehead atoms. The molecule has 8 aromatic rings. The summed E-state index contributed by atoms with van der Waals surface area (Å²) in [6.07, 6.45) is 0. The molecule has 0 atom stereocenters. The zero-order chi connectivity index (χ0) is 29.0. The third-order valence-corrected chi connectivity index (χ3v) is 12.0. The highest BCUT2D eigenvalue weighted by Gasteiger charge is 2.34. The summed E-state index contributed by atoms with van der Waals surface area (Å²) in [4.78, 5) is 25.6. The molecular formula is C36H20N4S4. The van der Waals surface area contributed by atoms with Crippen molar-refractivity contribution in [3.05, 3.63) is 121 Å². The Hall–Kier alpha value is -4.60. The van der Waals surface area contributed by atoms with Crippen LogP contribution in [0.1, 0.15) is 0 Å². The van der Waals surface area contributed by atoms with Gasteiger partial charge in [0.1, 0.15) is 42.8 Å². The Morgan fingerprint density at radius 1 is 0.273 bits per heavy atom. The van der Waals surface area contributed by atoms with Crippen LogP contribution in [0.2, 0.25) is 0 Å². The van der Waals surface area contributed by atoms with Crippen LogP contribution in [-0.2, 0) is 0 Å². The van der Waals surface area contributed by atoms with Crippen LogP contribution in [0.4, 0.5) is 0 Å².